The molecule has 0 aliphatic rings. The number of unbranched alkanes of at least 4 members (excludes halogenated alkanes) is 4. The third-order valence-electron chi connectivity index (χ3n) is 3.10. The fourth-order valence-electron chi connectivity index (χ4n) is 1.92. The molecule has 1 unspecified atom stereocenters. The van der Waals surface area contributed by atoms with Gasteiger partial charge in [0.05, 0.1) is 0 Å². The van der Waals surface area contributed by atoms with Crippen LogP contribution in [0.15, 0.2) is 28.7 Å². The molecule has 0 saturated heterocycles. The lowest BCUT2D eigenvalue weighted by Crippen LogP contribution is -2.19. The average molecular weight is 298 g/mol. The van der Waals surface area contributed by atoms with Crippen LogP contribution in [0, 0.1) is 0 Å². The monoisotopic (exact) mass is 297 g/mol. The highest BCUT2D eigenvalue weighted by Crippen LogP contribution is 2.16. The van der Waals surface area contributed by atoms with Crippen LogP contribution >= 0.6 is 15.9 Å². The van der Waals surface area contributed by atoms with Crippen LogP contribution in [0.3, 0.4) is 0 Å². The van der Waals surface area contributed by atoms with E-state index in [-0.39, 0.29) is 0 Å². The first kappa shape index (κ1) is 14.7. The summed E-state index contributed by atoms with van der Waals surface area (Å²) in [5.74, 6) is 0. The molecule has 1 N–H and O–H groups in total. The molecule has 0 radical (unpaired) electrons. The van der Waals surface area contributed by atoms with Gasteiger partial charge in [-0.15, -0.1) is 0 Å². The van der Waals surface area contributed by atoms with E-state index < -0.39 is 0 Å². The SMILES string of the molecule is CCCCCCCNC(C)c1ccc(Br)cc1. The predicted octanol–water partition coefficient (Wildman–Crippen LogP) is 5.07. The third kappa shape index (κ3) is 6.23. The number of rotatable bonds is 8. The van der Waals surface area contributed by atoms with E-state index in [1.807, 2.05) is 0 Å². The van der Waals surface area contributed by atoms with Crippen molar-refractivity contribution in [1.29, 1.82) is 0 Å². The number of halogens is 1. The van der Waals surface area contributed by atoms with E-state index in [1.165, 1.54) is 37.7 Å². The summed E-state index contributed by atoms with van der Waals surface area (Å²) in [7, 11) is 0. The lowest BCUT2D eigenvalue weighted by atomic mass is 10.1. The third-order valence-corrected chi connectivity index (χ3v) is 3.63. The van der Waals surface area contributed by atoms with Crippen LogP contribution in [-0.2, 0) is 0 Å². The van der Waals surface area contributed by atoms with Gasteiger partial charge in [-0.2, -0.15) is 0 Å². The Morgan fingerprint density at radius 1 is 1.06 bits per heavy atom. The van der Waals surface area contributed by atoms with Crippen molar-refractivity contribution in [3.63, 3.8) is 0 Å². The van der Waals surface area contributed by atoms with Crippen LogP contribution in [0.1, 0.15) is 57.6 Å². The average Bonchev–Trinajstić information content (AvgIpc) is 2.34. The Hall–Kier alpha value is -0.340. The smallest absolute Gasteiger partial charge is 0.0291 e. The number of benzene rings is 1. The van der Waals surface area contributed by atoms with Gasteiger partial charge in [-0.05, 0) is 37.6 Å². The van der Waals surface area contributed by atoms with Gasteiger partial charge >= 0.3 is 0 Å². The molecule has 17 heavy (non-hydrogen) atoms. The maximum Gasteiger partial charge on any atom is 0.0291 e. The van der Waals surface area contributed by atoms with Crippen molar-refractivity contribution >= 4 is 15.9 Å². The van der Waals surface area contributed by atoms with Crippen molar-refractivity contribution in [3.8, 4) is 0 Å². The van der Waals surface area contributed by atoms with Crippen LogP contribution in [0.5, 0.6) is 0 Å². The van der Waals surface area contributed by atoms with Crippen molar-refractivity contribution < 1.29 is 0 Å². The van der Waals surface area contributed by atoms with Gasteiger partial charge in [-0.1, -0.05) is 60.7 Å². The van der Waals surface area contributed by atoms with E-state index in [9.17, 15) is 0 Å². The fourth-order valence-corrected chi connectivity index (χ4v) is 2.18. The first-order valence-electron chi connectivity index (χ1n) is 6.73. The maximum absolute atomic E-state index is 3.58. The van der Waals surface area contributed by atoms with Gasteiger partial charge in [0.25, 0.3) is 0 Å². The van der Waals surface area contributed by atoms with Crippen LogP contribution in [0.4, 0.5) is 0 Å². The van der Waals surface area contributed by atoms with Gasteiger partial charge < -0.3 is 5.32 Å². The standard InChI is InChI=1S/C15H24BrN/c1-3-4-5-6-7-12-17-13(2)14-8-10-15(16)11-9-14/h8-11,13,17H,3-7,12H2,1-2H3. The van der Waals surface area contributed by atoms with E-state index >= 15 is 0 Å². The lowest BCUT2D eigenvalue weighted by Gasteiger charge is -2.14. The summed E-state index contributed by atoms with van der Waals surface area (Å²) in [6.07, 6.45) is 6.73. The van der Waals surface area contributed by atoms with Crippen molar-refractivity contribution in [2.24, 2.45) is 0 Å². The number of hydrogen-bond donors (Lipinski definition) is 1. The molecule has 0 aliphatic carbocycles. The molecular weight excluding hydrogens is 274 g/mol. The summed E-state index contributed by atoms with van der Waals surface area (Å²) >= 11 is 3.46. The Balaban J connectivity index is 2.16. The summed E-state index contributed by atoms with van der Waals surface area (Å²) in [5, 5.41) is 3.58. The molecular formula is C15H24BrN. The maximum atomic E-state index is 3.58. The van der Waals surface area contributed by atoms with Gasteiger partial charge in [-0.3, -0.25) is 0 Å². The van der Waals surface area contributed by atoms with E-state index in [0.29, 0.717) is 6.04 Å². The summed E-state index contributed by atoms with van der Waals surface area (Å²) in [5.41, 5.74) is 1.36. The zero-order valence-electron chi connectivity index (χ0n) is 11.0. The first-order chi connectivity index (χ1) is 8.24. The summed E-state index contributed by atoms with van der Waals surface area (Å²) in [4.78, 5) is 0. The van der Waals surface area contributed by atoms with E-state index in [0.717, 1.165) is 11.0 Å². The topological polar surface area (TPSA) is 12.0 Å². The zero-order valence-corrected chi connectivity index (χ0v) is 12.6. The van der Waals surface area contributed by atoms with E-state index in [4.69, 9.17) is 0 Å². The quantitative estimate of drug-likeness (QED) is 0.661. The molecule has 1 aromatic carbocycles. The molecule has 0 aromatic heterocycles. The number of hydrogen-bond acceptors (Lipinski definition) is 1. The van der Waals surface area contributed by atoms with Crippen molar-refractivity contribution in [1.82, 2.24) is 5.32 Å². The van der Waals surface area contributed by atoms with E-state index in [2.05, 4.69) is 59.4 Å². The molecule has 1 nitrogen and oxygen atoms in total. The van der Waals surface area contributed by atoms with Crippen molar-refractivity contribution in [2.75, 3.05) is 6.54 Å². The molecule has 1 aromatic rings. The number of nitrogens with one attached hydrogen (secondary N) is 1. The Morgan fingerprint density at radius 3 is 2.35 bits per heavy atom. The summed E-state index contributed by atoms with van der Waals surface area (Å²) in [6.45, 7) is 5.62. The van der Waals surface area contributed by atoms with Crippen LogP contribution in [0.25, 0.3) is 0 Å². The minimum absolute atomic E-state index is 0.453. The van der Waals surface area contributed by atoms with Gasteiger partial charge in [-0.25, -0.2) is 0 Å². The minimum Gasteiger partial charge on any atom is -0.310 e. The molecule has 0 amide bonds. The normalized spacial score (nSPS) is 12.6. The largest absolute Gasteiger partial charge is 0.310 e. The molecule has 1 atom stereocenters. The molecule has 0 fully saturated rings. The molecule has 1 rings (SSSR count). The first-order valence-corrected chi connectivity index (χ1v) is 7.52. The van der Waals surface area contributed by atoms with Gasteiger partial charge in [0.15, 0.2) is 0 Å². The zero-order chi connectivity index (χ0) is 12.5. The van der Waals surface area contributed by atoms with Gasteiger partial charge in [0, 0.05) is 10.5 Å². The second-order valence-electron chi connectivity index (χ2n) is 4.64. The highest BCUT2D eigenvalue weighted by molar-refractivity contribution is 9.10. The molecule has 0 bridgehead atoms. The lowest BCUT2D eigenvalue weighted by molar-refractivity contribution is 0.531. The van der Waals surface area contributed by atoms with Crippen LogP contribution < -0.4 is 5.32 Å². The molecule has 2 heteroatoms. The highest BCUT2D eigenvalue weighted by atomic mass is 79.9. The summed E-state index contributed by atoms with van der Waals surface area (Å²) in [6, 6.07) is 9.02. The van der Waals surface area contributed by atoms with Crippen LogP contribution in [0.2, 0.25) is 0 Å². The second-order valence-corrected chi connectivity index (χ2v) is 5.56. The Kier molecular flexibility index (Phi) is 7.54. The Labute approximate surface area is 114 Å². The molecule has 96 valence electrons. The Morgan fingerprint density at radius 2 is 1.71 bits per heavy atom. The summed E-state index contributed by atoms with van der Waals surface area (Å²) < 4.78 is 1.15. The Bertz CT molecular complexity index is 294. The van der Waals surface area contributed by atoms with Gasteiger partial charge in [0.2, 0.25) is 0 Å². The molecule has 0 saturated carbocycles. The van der Waals surface area contributed by atoms with Gasteiger partial charge in [0.1, 0.15) is 0 Å². The fraction of sp³-hybridized carbons (Fsp3) is 0.600. The molecule has 0 aliphatic heterocycles. The molecule has 0 spiro atoms. The second kappa shape index (κ2) is 8.71. The predicted molar refractivity (Wildman–Crippen MR) is 79.3 cm³/mol. The highest BCUT2D eigenvalue weighted by Gasteiger charge is 2.03. The molecule has 0 heterocycles. The minimum atomic E-state index is 0.453. The van der Waals surface area contributed by atoms with Crippen molar-refractivity contribution in [2.45, 2.75) is 52.0 Å². The van der Waals surface area contributed by atoms with Crippen LogP contribution in [-0.4, -0.2) is 6.54 Å². The van der Waals surface area contributed by atoms with E-state index in [1.54, 1.807) is 0 Å². The van der Waals surface area contributed by atoms with Crippen molar-refractivity contribution in [3.05, 3.63) is 34.3 Å².